The van der Waals surface area contributed by atoms with Crippen molar-refractivity contribution in [3.63, 3.8) is 0 Å². The Kier molecular flexibility index (Phi) is 8.33. The molecule has 0 aliphatic carbocycles. The summed E-state index contributed by atoms with van der Waals surface area (Å²) < 4.78 is 19.2. The molecule has 45 heavy (non-hydrogen) atoms. The predicted octanol–water partition coefficient (Wildman–Crippen LogP) is 4.10. The van der Waals surface area contributed by atoms with Crippen LogP contribution >= 0.6 is 22.9 Å². The van der Waals surface area contributed by atoms with E-state index in [0.29, 0.717) is 66.1 Å². The Morgan fingerprint density at radius 3 is 2.64 bits per heavy atom. The van der Waals surface area contributed by atoms with Gasteiger partial charge in [0.2, 0.25) is 0 Å². The Bertz CT molecular complexity index is 1720. The molecule has 1 aromatic heterocycles. The van der Waals surface area contributed by atoms with Gasteiger partial charge in [0.15, 0.2) is 10.8 Å². The van der Waals surface area contributed by atoms with E-state index in [4.69, 9.17) is 26.4 Å². The topological polar surface area (TPSA) is 128 Å². The van der Waals surface area contributed by atoms with Crippen LogP contribution in [0.5, 0.6) is 0 Å². The largest absolute Gasteiger partial charge is 0.481 e. The number of fused-ring (bicyclic) bond motifs is 1. The molecule has 0 bridgehead atoms. The van der Waals surface area contributed by atoms with E-state index in [1.54, 1.807) is 35.4 Å². The van der Waals surface area contributed by atoms with Crippen LogP contribution in [0.1, 0.15) is 29.1 Å². The Morgan fingerprint density at radius 2 is 1.98 bits per heavy atom. The molecule has 0 radical (unpaired) electrons. The standard InChI is InChI=1S/C31H30ClFN6O5S/c1-31-16-37(10-11-39(31)30(43)38(17-31)20-6-3-18(4-7-20)13-24(40)41)15-23-25(29(42)44-2)26(21-8-5-19(33)14-22(21)32)36-27(35-23)28-34-9-12-45-28/h3-9,12,14,26H,10-11,13,15-17H2,1-2H3,(H,35,36)(H,40,41)/t26-,31?/m0/s1. The molecule has 3 aromatic rings. The molecule has 0 saturated carbocycles. The fourth-order valence-corrected chi connectivity index (χ4v) is 7.03. The lowest BCUT2D eigenvalue weighted by molar-refractivity contribution is -0.137. The van der Waals surface area contributed by atoms with Crippen LogP contribution in [-0.4, -0.2) is 89.1 Å². The molecule has 2 amide bonds. The Balaban J connectivity index is 1.29. The number of hydrogen-bond donors (Lipinski definition) is 2. The van der Waals surface area contributed by atoms with Gasteiger partial charge in [0.1, 0.15) is 11.9 Å². The van der Waals surface area contributed by atoms with Crippen LogP contribution in [-0.2, 0) is 20.7 Å². The minimum absolute atomic E-state index is 0.0896. The maximum atomic E-state index is 14.0. The Morgan fingerprint density at radius 1 is 1.20 bits per heavy atom. The number of carbonyl (C=O) groups is 3. The highest BCUT2D eigenvalue weighted by Crippen LogP contribution is 2.38. The number of nitrogens with zero attached hydrogens (tertiary/aromatic N) is 5. The van der Waals surface area contributed by atoms with Crippen molar-refractivity contribution >= 4 is 52.4 Å². The summed E-state index contributed by atoms with van der Waals surface area (Å²) in [4.78, 5) is 52.8. The van der Waals surface area contributed by atoms with Crippen LogP contribution in [0.25, 0.3) is 0 Å². The van der Waals surface area contributed by atoms with Crippen LogP contribution in [0.2, 0.25) is 5.02 Å². The zero-order chi connectivity index (χ0) is 31.9. The van der Waals surface area contributed by atoms with Crippen LogP contribution in [0.4, 0.5) is 14.9 Å². The lowest BCUT2D eigenvalue weighted by Gasteiger charge is -2.44. The second-order valence-electron chi connectivity index (χ2n) is 11.4. The first-order valence-corrected chi connectivity index (χ1v) is 15.5. The third kappa shape index (κ3) is 6.02. The van der Waals surface area contributed by atoms with Crippen LogP contribution in [0, 0.1) is 5.82 Å². The van der Waals surface area contributed by atoms with Gasteiger partial charge in [-0.1, -0.05) is 29.8 Å². The number of hydrogen-bond acceptors (Lipinski definition) is 9. The number of carboxylic acid groups (broad SMARTS) is 1. The number of anilines is 1. The number of ether oxygens (including phenoxy) is 1. The summed E-state index contributed by atoms with van der Waals surface area (Å²) >= 11 is 7.86. The molecule has 4 heterocycles. The molecular formula is C31H30ClFN6O5S. The first-order chi connectivity index (χ1) is 21.6. The molecule has 2 aromatic carbocycles. The van der Waals surface area contributed by atoms with Gasteiger partial charge >= 0.3 is 18.0 Å². The fraction of sp³-hybridized carbons (Fsp3) is 0.323. The summed E-state index contributed by atoms with van der Waals surface area (Å²) in [5.41, 5.74) is 2.08. The molecule has 2 fully saturated rings. The van der Waals surface area contributed by atoms with Gasteiger partial charge < -0.3 is 20.1 Å². The molecule has 2 atom stereocenters. The van der Waals surface area contributed by atoms with Gasteiger partial charge in [-0.3, -0.25) is 19.6 Å². The maximum Gasteiger partial charge on any atom is 0.338 e. The van der Waals surface area contributed by atoms with E-state index in [1.807, 2.05) is 17.2 Å². The molecule has 2 N–H and O–H groups in total. The highest BCUT2D eigenvalue weighted by atomic mass is 35.5. The summed E-state index contributed by atoms with van der Waals surface area (Å²) in [5, 5.41) is 15.0. The number of piperazine rings is 1. The number of carboxylic acids is 1. The summed E-state index contributed by atoms with van der Waals surface area (Å²) in [6.45, 7) is 4.28. The van der Waals surface area contributed by atoms with E-state index in [-0.39, 0.29) is 23.0 Å². The first kappa shape index (κ1) is 30.7. The number of esters is 1. The molecular weight excluding hydrogens is 623 g/mol. The van der Waals surface area contributed by atoms with Gasteiger partial charge in [0.05, 0.1) is 31.2 Å². The number of carbonyl (C=O) groups excluding carboxylic acids is 2. The van der Waals surface area contributed by atoms with Gasteiger partial charge in [-0.05, 0) is 36.8 Å². The second-order valence-corrected chi connectivity index (χ2v) is 12.7. The highest BCUT2D eigenvalue weighted by Gasteiger charge is 2.50. The summed E-state index contributed by atoms with van der Waals surface area (Å²) in [6.07, 6.45) is 1.57. The van der Waals surface area contributed by atoms with Gasteiger partial charge in [-0.25, -0.2) is 19.0 Å². The highest BCUT2D eigenvalue weighted by molar-refractivity contribution is 7.11. The van der Waals surface area contributed by atoms with Crippen molar-refractivity contribution < 1.29 is 28.6 Å². The Labute approximate surface area is 267 Å². The number of amides is 2. The number of urea groups is 1. The van der Waals surface area contributed by atoms with Gasteiger partial charge in [0, 0.05) is 59.7 Å². The van der Waals surface area contributed by atoms with Crippen molar-refractivity contribution in [2.75, 3.05) is 44.7 Å². The lowest BCUT2D eigenvalue weighted by atomic mass is 9.94. The second kappa shape index (κ2) is 12.2. The summed E-state index contributed by atoms with van der Waals surface area (Å²) in [6, 6.07) is 10.00. The molecule has 1 unspecified atom stereocenters. The van der Waals surface area contributed by atoms with Crippen molar-refractivity contribution in [1.82, 2.24) is 20.1 Å². The zero-order valence-electron chi connectivity index (χ0n) is 24.5. The van der Waals surface area contributed by atoms with E-state index in [9.17, 15) is 18.8 Å². The number of aliphatic imine (C=N–C) groups is 1. The number of halogens is 2. The molecule has 14 heteroatoms. The molecule has 234 valence electrons. The van der Waals surface area contributed by atoms with Gasteiger partial charge in [-0.2, -0.15) is 0 Å². The van der Waals surface area contributed by atoms with Crippen LogP contribution in [0.15, 0.2) is 70.3 Å². The average Bonchev–Trinajstić information content (AvgIpc) is 3.63. The quantitative estimate of drug-likeness (QED) is 0.349. The van der Waals surface area contributed by atoms with Crippen molar-refractivity contribution in [1.29, 1.82) is 0 Å². The molecule has 2 saturated heterocycles. The molecule has 3 aliphatic rings. The zero-order valence-corrected chi connectivity index (χ0v) is 26.1. The SMILES string of the molecule is COC(=O)C1=C(CN2CCN3C(=O)N(c4ccc(CC(=O)O)cc4)CC3(C)C2)NC(c2nccs2)=N[C@H]1c1ccc(F)cc1Cl. The third-order valence-electron chi connectivity index (χ3n) is 8.22. The number of aliphatic carboxylic acids is 1. The van der Waals surface area contributed by atoms with E-state index in [2.05, 4.69) is 15.2 Å². The monoisotopic (exact) mass is 652 g/mol. The van der Waals surface area contributed by atoms with E-state index in [1.165, 1.54) is 36.6 Å². The first-order valence-electron chi connectivity index (χ1n) is 14.2. The lowest BCUT2D eigenvalue weighted by Crippen LogP contribution is -2.60. The van der Waals surface area contributed by atoms with Crippen molar-refractivity contribution in [2.45, 2.75) is 24.9 Å². The Hall–Kier alpha value is -4.33. The number of nitrogens with one attached hydrogen (secondary N) is 1. The third-order valence-corrected chi connectivity index (χ3v) is 9.33. The van der Waals surface area contributed by atoms with Crippen molar-refractivity contribution in [2.24, 2.45) is 4.99 Å². The summed E-state index contributed by atoms with van der Waals surface area (Å²) in [7, 11) is 1.29. The predicted molar refractivity (Wildman–Crippen MR) is 167 cm³/mol. The van der Waals surface area contributed by atoms with Gasteiger partial charge in [-0.15, -0.1) is 11.3 Å². The smallest absolute Gasteiger partial charge is 0.338 e. The van der Waals surface area contributed by atoms with Crippen LogP contribution in [0.3, 0.4) is 0 Å². The number of aromatic nitrogens is 1. The average molecular weight is 653 g/mol. The van der Waals surface area contributed by atoms with E-state index >= 15 is 0 Å². The molecule has 0 spiro atoms. The summed E-state index contributed by atoms with van der Waals surface area (Å²) in [5.74, 6) is -1.56. The number of benzene rings is 2. The van der Waals surface area contributed by atoms with Gasteiger partial charge in [0.25, 0.3) is 0 Å². The molecule has 11 nitrogen and oxygen atoms in total. The van der Waals surface area contributed by atoms with E-state index in [0.717, 1.165) is 0 Å². The fourth-order valence-electron chi connectivity index (χ4n) is 6.17. The molecule has 3 aliphatic heterocycles. The maximum absolute atomic E-state index is 14.0. The van der Waals surface area contributed by atoms with Crippen molar-refractivity contribution in [3.8, 4) is 0 Å². The van der Waals surface area contributed by atoms with Crippen LogP contribution < -0.4 is 10.2 Å². The number of methoxy groups -OCH3 is 1. The van der Waals surface area contributed by atoms with E-state index < -0.39 is 29.3 Å². The minimum atomic E-state index is -0.917. The normalized spacial score (nSPS) is 21.8. The van der Waals surface area contributed by atoms with Crippen molar-refractivity contribution in [3.05, 3.63) is 92.3 Å². The minimum Gasteiger partial charge on any atom is -0.481 e. The number of amidine groups is 1. The molecule has 6 rings (SSSR count). The number of thiazole rings is 1. The number of rotatable bonds is 8.